The third-order valence-corrected chi connectivity index (χ3v) is 14.1. The molecule has 0 unspecified atom stereocenters. The fraction of sp³-hybridized carbons (Fsp3) is 0.286. The van der Waals surface area contributed by atoms with Gasteiger partial charge in [-0.2, -0.15) is 0 Å². The number of rotatable bonds is 14. The second kappa shape index (κ2) is 16.9. The molecule has 5 rings (SSSR count). The van der Waals surface area contributed by atoms with E-state index in [0.29, 0.717) is 56.6 Å². The van der Waals surface area contributed by atoms with E-state index >= 15 is 0 Å². The van der Waals surface area contributed by atoms with Crippen LogP contribution in [0.2, 0.25) is 0 Å². The number of hydrogen-bond acceptors (Lipinski definition) is 9. The number of hydrogen-bond donors (Lipinski definition) is 1. The first-order chi connectivity index (χ1) is 25.5. The van der Waals surface area contributed by atoms with E-state index in [2.05, 4.69) is 32.9 Å². The molecule has 0 amide bonds. The molecule has 0 saturated heterocycles. The van der Waals surface area contributed by atoms with Gasteiger partial charge in [-0.3, -0.25) is 0 Å². The Hall–Kier alpha value is -4.84. The molecule has 0 aromatic heterocycles. The summed E-state index contributed by atoms with van der Waals surface area (Å²) in [6.45, 7) is 6.45. The van der Waals surface area contributed by atoms with Crippen LogP contribution in [0.5, 0.6) is 51.7 Å². The van der Waals surface area contributed by atoms with Gasteiger partial charge in [0, 0.05) is 26.5 Å². The number of aromatic hydroxyl groups is 1. The third kappa shape index (κ3) is 7.51. The molecule has 0 aliphatic carbocycles. The summed E-state index contributed by atoms with van der Waals surface area (Å²) in [5.74, 6) is 4.77. The first-order valence-electron chi connectivity index (χ1n) is 16.8. The van der Waals surface area contributed by atoms with Crippen LogP contribution in [-0.2, 0) is 5.41 Å². The number of benzene rings is 5. The lowest BCUT2D eigenvalue weighted by Crippen LogP contribution is -2.32. The van der Waals surface area contributed by atoms with Crippen LogP contribution in [0.3, 0.4) is 0 Å². The van der Waals surface area contributed by atoms with Crippen LogP contribution in [0.25, 0.3) is 0 Å². The molecule has 53 heavy (non-hydrogen) atoms. The van der Waals surface area contributed by atoms with E-state index in [1.807, 2.05) is 72.8 Å². The van der Waals surface area contributed by atoms with Crippen LogP contribution in [-0.4, -0.2) is 62.0 Å². The van der Waals surface area contributed by atoms with Crippen LogP contribution < -0.4 is 69.7 Å². The Morgan fingerprint density at radius 1 is 0.396 bits per heavy atom. The molecule has 0 saturated carbocycles. The highest BCUT2D eigenvalue weighted by atomic mass is 31.1. The SMILES string of the molecule is COc1cccc(OC)c1P(c1cc(C(C)(C)C)cc(P(c2c(OC)cccc2OC)c2c(OC)cccc2OC)c1O)c1c(OC)cccc1OC. The van der Waals surface area contributed by atoms with E-state index in [9.17, 15) is 5.11 Å². The Balaban J connectivity index is 2.07. The van der Waals surface area contributed by atoms with Crippen LogP contribution in [0.4, 0.5) is 0 Å². The maximum Gasteiger partial charge on any atom is 0.132 e. The number of phenols is 1. The van der Waals surface area contributed by atoms with Gasteiger partial charge in [0.05, 0.1) is 78.1 Å². The molecule has 0 radical (unpaired) electrons. The fourth-order valence-corrected chi connectivity index (χ4v) is 12.1. The Labute approximate surface area is 315 Å². The molecular formula is C42H48O9P2. The van der Waals surface area contributed by atoms with E-state index < -0.39 is 15.8 Å². The lowest BCUT2D eigenvalue weighted by atomic mass is 9.87. The molecule has 5 aromatic rings. The summed E-state index contributed by atoms with van der Waals surface area (Å²) in [7, 11) is 9.58. The summed E-state index contributed by atoms with van der Waals surface area (Å²) < 4.78 is 48.4. The van der Waals surface area contributed by atoms with Crippen LogP contribution in [0.1, 0.15) is 26.3 Å². The highest BCUT2D eigenvalue weighted by molar-refractivity contribution is 7.82. The van der Waals surface area contributed by atoms with Gasteiger partial charge in [0.15, 0.2) is 0 Å². The minimum Gasteiger partial charge on any atom is -0.507 e. The van der Waals surface area contributed by atoms with Crippen molar-refractivity contribution < 1.29 is 43.0 Å². The van der Waals surface area contributed by atoms with Gasteiger partial charge in [0.25, 0.3) is 0 Å². The van der Waals surface area contributed by atoms with Crippen molar-refractivity contribution >= 4 is 47.7 Å². The second-order valence-electron chi connectivity index (χ2n) is 12.8. The number of phenolic OH excluding ortho intramolecular Hbond substituents is 1. The smallest absolute Gasteiger partial charge is 0.132 e. The average Bonchev–Trinajstić information content (AvgIpc) is 3.18. The van der Waals surface area contributed by atoms with Gasteiger partial charge >= 0.3 is 0 Å². The molecule has 0 atom stereocenters. The highest BCUT2D eigenvalue weighted by Gasteiger charge is 2.38. The summed E-state index contributed by atoms with van der Waals surface area (Å²) >= 11 is 0. The van der Waals surface area contributed by atoms with E-state index in [-0.39, 0.29) is 11.2 Å². The lowest BCUT2D eigenvalue weighted by molar-refractivity contribution is 0.399. The molecule has 5 aromatic carbocycles. The van der Waals surface area contributed by atoms with Crippen molar-refractivity contribution in [2.24, 2.45) is 0 Å². The van der Waals surface area contributed by atoms with Crippen molar-refractivity contribution in [2.45, 2.75) is 26.2 Å². The van der Waals surface area contributed by atoms with Crippen LogP contribution >= 0.6 is 15.8 Å². The van der Waals surface area contributed by atoms with Crippen molar-refractivity contribution in [1.82, 2.24) is 0 Å². The predicted octanol–water partition coefficient (Wildman–Crippen LogP) is 6.27. The van der Waals surface area contributed by atoms with Crippen molar-refractivity contribution in [3.05, 3.63) is 90.5 Å². The molecule has 0 heterocycles. The van der Waals surface area contributed by atoms with Gasteiger partial charge in [-0.15, -0.1) is 0 Å². The highest BCUT2D eigenvalue weighted by Crippen LogP contribution is 2.52. The van der Waals surface area contributed by atoms with Crippen molar-refractivity contribution in [3.63, 3.8) is 0 Å². The molecule has 11 heteroatoms. The van der Waals surface area contributed by atoms with Gasteiger partial charge in [-0.25, -0.2) is 0 Å². The maximum absolute atomic E-state index is 13.2. The Kier molecular flexibility index (Phi) is 12.5. The summed E-state index contributed by atoms with van der Waals surface area (Å²) in [5, 5.41) is 17.5. The molecule has 0 fully saturated rings. The molecule has 0 bridgehead atoms. The van der Waals surface area contributed by atoms with Gasteiger partial charge < -0.3 is 43.0 Å². The quantitative estimate of drug-likeness (QED) is 0.132. The first-order valence-corrected chi connectivity index (χ1v) is 19.5. The van der Waals surface area contributed by atoms with Crippen molar-refractivity contribution in [2.75, 3.05) is 56.9 Å². The Bertz CT molecular complexity index is 1720. The van der Waals surface area contributed by atoms with E-state index in [0.717, 1.165) is 26.8 Å². The second-order valence-corrected chi connectivity index (χ2v) is 16.9. The standard InChI is InChI=1S/C42H48O9P2/c1-42(2,3)26-24-35(52(38-27(44-4)16-12-17-28(38)45-5)39-29(46-6)18-13-19-30(39)47-7)37(43)36(25-26)53(40-31(48-8)20-14-21-32(40)49-9)41-33(50-10)22-15-23-34(41)51-11/h12-25,43H,1-11H3. The maximum atomic E-state index is 13.2. The molecule has 1 N–H and O–H groups in total. The molecular weight excluding hydrogens is 710 g/mol. The summed E-state index contributed by atoms with van der Waals surface area (Å²) in [6, 6.07) is 26.8. The zero-order valence-electron chi connectivity index (χ0n) is 32.2. The third-order valence-electron chi connectivity index (χ3n) is 8.92. The van der Waals surface area contributed by atoms with E-state index in [4.69, 9.17) is 37.9 Å². The van der Waals surface area contributed by atoms with Crippen molar-refractivity contribution in [3.8, 4) is 51.7 Å². The number of methoxy groups -OCH3 is 8. The van der Waals surface area contributed by atoms with Gasteiger partial charge in [-0.05, 0) is 71.6 Å². The zero-order valence-corrected chi connectivity index (χ0v) is 34.0. The Morgan fingerprint density at radius 2 is 0.604 bits per heavy atom. The lowest BCUT2D eigenvalue weighted by Gasteiger charge is -2.32. The number of ether oxygens (including phenoxy) is 8. The Morgan fingerprint density at radius 3 is 0.774 bits per heavy atom. The first kappa shape index (κ1) is 39.4. The summed E-state index contributed by atoms with van der Waals surface area (Å²) in [6.07, 6.45) is 0. The van der Waals surface area contributed by atoms with Crippen molar-refractivity contribution in [1.29, 1.82) is 0 Å². The average molecular weight is 759 g/mol. The molecule has 0 aliphatic rings. The predicted molar refractivity (Wildman–Crippen MR) is 217 cm³/mol. The summed E-state index contributed by atoms with van der Waals surface area (Å²) in [5.41, 5.74) is 0.607. The monoisotopic (exact) mass is 758 g/mol. The zero-order chi connectivity index (χ0) is 38.4. The minimum atomic E-state index is -1.73. The minimum absolute atomic E-state index is 0.0667. The van der Waals surface area contributed by atoms with Crippen LogP contribution in [0.15, 0.2) is 84.9 Å². The van der Waals surface area contributed by atoms with Gasteiger partial charge in [-0.1, -0.05) is 45.0 Å². The van der Waals surface area contributed by atoms with Crippen LogP contribution in [0, 0.1) is 0 Å². The molecule has 9 nitrogen and oxygen atoms in total. The van der Waals surface area contributed by atoms with E-state index in [1.165, 1.54) is 0 Å². The molecule has 280 valence electrons. The van der Waals surface area contributed by atoms with Gasteiger partial charge in [0.1, 0.15) is 51.7 Å². The molecule has 0 spiro atoms. The fourth-order valence-electron chi connectivity index (χ4n) is 6.29. The van der Waals surface area contributed by atoms with Gasteiger partial charge in [0.2, 0.25) is 0 Å². The molecule has 0 aliphatic heterocycles. The van der Waals surface area contributed by atoms with E-state index in [1.54, 1.807) is 56.9 Å². The normalized spacial score (nSPS) is 11.3. The topological polar surface area (TPSA) is 94.1 Å². The largest absolute Gasteiger partial charge is 0.507 e. The summed E-state index contributed by atoms with van der Waals surface area (Å²) in [4.78, 5) is 0.